The molecule has 2 aromatic rings. The second-order valence-electron chi connectivity index (χ2n) is 8.66. The molecule has 2 aliphatic heterocycles. The monoisotopic (exact) mass is 469 g/mol. The van der Waals surface area contributed by atoms with Gasteiger partial charge in [-0.3, -0.25) is 9.59 Å². The molecule has 0 radical (unpaired) electrons. The van der Waals surface area contributed by atoms with Gasteiger partial charge in [-0.2, -0.15) is 0 Å². The first kappa shape index (κ1) is 23.6. The van der Waals surface area contributed by atoms with Crippen LogP contribution in [0, 0.1) is 0 Å². The number of morpholine rings is 1. The minimum atomic E-state index is -0.0519. The third-order valence-electron chi connectivity index (χ3n) is 6.55. The Morgan fingerprint density at radius 3 is 2.36 bits per heavy atom. The van der Waals surface area contributed by atoms with Crippen LogP contribution in [0.1, 0.15) is 35.2 Å². The van der Waals surface area contributed by atoms with Crippen molar-refractivity contribution in [2.45, 2.75) is 31.8 Å². The van der Waals surface area contributed by atoms with Gasteiger partial charge in [0.05, 0.1) is 13.2 Å². The van der Waals surface area contributed by atoms with Gasteiger partial charge in [0.2, 0.25) is 5.91 Å². The topological polar surface area (TPSA) is 53.1 Å². The van der Waals surface area contributed by atoms with Crippen LogP contribution in [0.5, 0.6) is 0 Å². The summed E-state index contributed by atoms with van der Waals surface area (Å²) in [5.41, 5.74) is 2.93. The number of nitrogens with zero attached hydrogens (tertiary/aromatic N) is 3. The van der Waals surface area contributed by atoms with Crippen molar-refractivity contribution in [2.75, 3.05) is 50.2 Å². The molecule has 176 valence electrons. The molecule has 1 atom stereocenters. The summed E-state index contributed by atoms with van der Waals surface area (Å²) in [5.74, 6) is -0.0203. The van der Waals surface area contributed by atoms with Crippen LogP contribution in [0.15, 0.2) is 54.6 Å². The lowest BCUT2D eigenvalue weighted by atomic mass is 10.1. The molecule has 2 amide bonds. The summed E-state index contributed by atoms with van der Waals surface area (Å²) in [7, 11) is 0. The Morgan fingerprint density at radius 1 is 0.939 bits per heavy atom. The third-order valence-corrected chi connectivity index (χ3v) is 6.78. The predicted molar refractivity (Wildman–Crippen MR) is 131 cm³/mol. The van der Waals surface area contributed by atoms with E-state index >= 15 is 0 Å². The van der Waals surface area contributed by atoms with Crippen LogP contribution in [0.2, 0.25) is 0 Å². The predicted octanol–water partition coefficient (Wildman–Crippen LogP) is 3.79. The number of amides is 2. The maximum atomic E-state index is 13.2. The van der Waals surface area contributed by atoms with Gasteiger partial charge in [-0.15, -0.1) is 11.6 Å². The van der Waals surface area contributed by atoms with E-state index in [1.54, 1.807) is 0 Å². The molecule has 7 heteroatoms. The van der Waals surface area contributed by atoms with Gasteiger partial charge in [-0.25, -0.2) is 0 Å². The summed E-state index contributed by atoms with van der Waals surface area (Å²) >= 11 is 5.93. The number of rotatable bonds is 6. The zero-order valence-electron chi connectivity index (χ0n) is 19.0. The molecule has 2 aromatic carbocycles. The minimum Gasteiger partial charge on any atom is -0.378 e. The van der Waals surface area contributed by atoms with Gasteiger partial charge in [0.15, 0.2) is 0 Å². The number of hydrogen-bond donors (Lipinski definition) is 0. The number of halogens is 1. The van der Waals surface area contributed by atoms with E-state index in [9.17, 15) is 9.59 Å². The van der Waals surface area contributed by atoms with Crippen LogP contribution in [0.4, 0.5) is 5.69 Å². The molecule has 0 saturated carbocycles. The lowest BCUT2D eigenvalue weighted by Gasteiger charge is -2.31. The van der Waals surface area contributed by atoms with Gasteiger partial charge in [0.25, 0.3) is 5.91 Å². The van der Waals surface area contributed by atoms with Crippen LogP contribution in [-0.2, 0) is 16.1 Å². The number of carbonyl (C=O) groups is 2. The second-order valence-corrected chi connectivity index (χ2v) is 8.93. The molecule has 2 fully saturated rings. The van der Waals surface area contributed by atoms with Crippen molar-refractivity contribution < 1.29 is 14.3 Å². The maximum absolute atomic E-state index is 13.2. The highest BCUT2D eigenvalue weighted by Crippen LogP contribution is 2.22. The Balaban J connectivity index is 1.39. The Hall–Kier alpha value is -2.57. The molecule has 0 N–H and O–H groups in total. The molecule has 0 aliphatic carbocycles. The van der Waals surface area contributed by atoms with Crippen molar-refractivity contribution >= 4 is 29.1 Å². The number of alkyl halides is 1. The van der Waals surface area contributed by atoms with Crippen molar-refractivity contribution in [3.8, 4) is 0 Å². The van der Waals surface area contributed by atoms with Crippen LogP contribution >= 0.6 is 11.6 Å². The van der Waals surface area contributed by atoms with E-state index in [2.05, 4.69) is 4.90 Å². The van der Waals surface area contributed by atoms with Gasteiger partial charge in [-0.1, -0.05) is 30.3 Å². The molecule has 1 unspecified atom stereocenters. The van der Waals surface area contributed by atoms with Gasteiger partial charge in [0, 0.05) is 50.0 Å². The SMILES string of the molecule is O=C(c1ccc(N2CCOCC2)cc1)N1CCCC(N(Cc2ccccc2)C(=O)CCl)CC1. The summed E-state index contributed by atoms with van der Waals surface area (Å²) < 4.78 is 5.42. The molecule has 2 aliphatic rings. The molecule has 33 heavy (non-hydrogen) atoms. The molecule has 2 heterocycles. The second kappa shape index (κ2) is 11.5. The first-order valence-electron chi connectivity index (χ1n) is 11.8. The lowest BCUT2D eigenvalue weighted by molar-refractivity contribution is -0.131. The Labute approximate surface area is 201 Å². The zero-order valence-corrected chi connectivity index (χ0v) is 19.8. The Morgan fingerprint density at radius 2 is 1.67 bits per heavy atom. The van der Waals surface area contributed by atoms with Crippen LogP contribution in [0.3, 0.4) is 0 Å². The summed E-state index contributed by atoms with van der Waals surface area (Å²) in [5, 5.41) is 0. The third kappa shape index (κ3) is 6.06. The average molecular weight is 470 g/mol. The van der Waals surface area contributed by atoms with Crippen LogP contribution < -0.4 is 4.90 Å². The van der Waals surface area contributed by atoms with Crippen molar-refractivity contribution in [2.24, 2.45) is 0 Å². The molecule has 0 aromatic heterocycles. The standard InChI is InChI=1S/C26H32ClN3O3/c27-19-25(31)30(20-21-5-2-1-3-6-21)24-7-4-13-29(14-12-24)26(32)22-8-10-23(11-9-22)28-15-17-33-18-16-28/h1-3,5-6,8-11,24H,4,7,12-20H2. The van der Waals surface area contributed by atoms with E-state index in [1.165, 1.54) is 0 Å². The van der Waals surface area contributed by atoms with Crippen molar-refractivity contribution in [1.29, 1.82) is 0 Å². The van der Waals surface area contributed by atoms with E-state index in [1.807, 2.05) is 64.4 Å². The molecule has 2 saturated heterocycles. The van der Waals surface area contributed by atoms with Crippen LogP contribution in [-0.4, -0.2) is 72.9 Å². The quantitative estimate of drug-likeness (QED) is 0.604. The first-order valence-corrected chi connectivity index (χ1v) is 12.3. The van der Waals surface area contributed by atoms with Gasteiger partial charge in [0.1, 0.15) is 5.88 Å². The fourth-order valence-corrected chi connectivity index (χ4v) is 4.84. The number of carbonyl (C=O) groups excluding carboxylic acids is 2. The summed E-state index contributed by atoms with van der Waals surface area (Å²) in [6.45, 7) is 5.12. The largest absolute Gasteiger partial charge is 0.378 e. The average Bonchev–Trinajstić information content (AvgIpc) is 3.14. The summed E-state index contributed by atoms with van der Waals surface area (Å²) in [6.07, 6.45) is 2.49. The highest BCUT2D eigenvalue weighted by Gasteiger charge is 2.28. The lowest BCUT2D eigenvalue weighted by Crippen LogP contribution is -2.41. The molecule has 0 spiro atoms. The van der Waals surface area contributed by atoms with E-state index in [0.717, 1.165) is 56.8 Å². The maximum Gasteiger partial charge on any atom is 0.253 e. The number of anilines is 1. The molecular weight excluding hydrogens is 438 g/mol. The molecule has 0 bridgehead atoms. The highest BCUT2D eigenvalue weighted by molar-refractivity contribution is 6.27. The Kier molecular flexibility index (Phi) is 8.24. The summed E-state index contributed by atoms with van der Waals surface area (Å²) in [6, 6.07) is 18.0. The first-order chi connectivity index (χ1) is 16.2. The Bertz CT molecular complexity index is 916. The number of benzene rings is 2. The fourth-order valence-electron chi connectivity index (χ4n) is 4.69. The fraction of sp³-hybridized carbons (Fsp3) is 0.462. The van der Waals surface area contributed by atoms with E-state index in [0.29, 0.717) is 25.2 Å². The minimum absolute atomic E-state index is 0.0263. The smallest absolute Gasteiger partial charge is 0.253 e. The molecule has 6 nitrogen and oxygen atoms in total. The number of ether oxygens (including phenoxy) is 1. The van der Waals surface area contributed by atoms with E-state index in [4.69, 9.17) is 16.3 Å². The van der Waals surface area contributed by atoms with Crippen LogP contribution in [0.25, 0.3) is 0 Å². The van der Waals surface area contributed by atoms with Gasteiger partial charge < -0.3 is 19.4 Å². The summed E-state index contributed by atoms with van der Waals surface area (Å²) in [4.78, 5) is 31.9. The number of likely N-dealkylation sites (tertiary alicyclic amines) is 1. The highest BCUT2D eigenvalue weighted by atomic mass is 35.5. The van der Waals surface area contributed by atoms with Crippen molar-refractivity contribution in [3.05, 3.63) is 65.7 Å². The van der Waals surface area contributed by atoms with Gasteiger partial charge >= 0.3 is 0 Å². The van der Waals surface area contributed by atoms with Gasteiger partial charge in [-0.05, 0) is 49.1 Å². The normalized spacial score (nSPS) is 19.1. The molecule has 4 rings (SSSR count). The van der Waals surface area contributed by atoms with Crippen molar-refractivity contribution in [1.82, 2.24) is 9.80 Å². The van der Waals surface area contributed by atoms with Crippen molar-refractivity contribution in [3.63, 3.8) is 0 Å². The van der Waals surface area contributed by atoms with E-state index < -0.39 is 0 Å². The number of hydrogen-bond acceptors (Lipinski definition) is 4. The van der Waals surface area contributed by atoms with E-state index in [-0.39, 0.29) is 23.7 Å². The zero-order chi connectivity index (χ0) is 23.0. The molecular formula is C26H32ClN3O3.